The van der Waals surface area contributed by atoms with Gasteiger partial charge >= 0.3 is 0 Å². The molecule has 8 heteroatoms. The van der Waals surface area contributed by atoms with Gasteiger partial charge in [-0.25, -0.2) is 0 Å². The van der Waals surface area contributed by atoms with Crippen LogP contribution in [0.3, 0.4) is 0 Å². The van der Waals surface area contributed by atoms with Crippen LogP contribution in [0.2, 0.25) is 10.0 Å². The monoisotopic (exact) mass is 456 g/mol. The first-order chi connectivity index (χ1) is 14.5. The molecule has 0 aliphatic heterocycles. The summed E-state index contributed by atoms with van der Waals surface area (Å²) in [6.07, 6.45) is 1.86. The lowest BCUT2D eigenvalue weighted by Gasteiger charge is -2.11. The average Bonchev–Trinajstić information content (AvgIpc) is 3.33. The maximum absolute atomic E-state index is 12.6. The van der Waals surface area contributed by atoms with Gasteiger partial charge in [0.2, 0.25) is 0 Å². The fourth-order valence-corrected chi connectivity index (χ4v) is 4.44. The van der Waals surface area contributed by atoms with Gasteiger partial charge < -0.3 is 4.57 Å². The molecule has 2 aromatic heterocycles. The first-order valence-electron chi connectivity index (χ1n) is 9.23. The number of rotatable bonds is 7. The number of thioether (sulfide) groups is 1. The van der Waals surface area contributed by atoms with Crippen molar-refractivity contribution in [3.63, 3.8) is 0 Å². The quantitative estimate of drug-likeness (QED) is 0.267. The number of aryl methyl sites for hydroxylation is 1. The molecule has 0 saturated carbocycles. The van der Waals surface area contributed by atoms with Crippen LogP contribution in [0.25, 0.3) is 11.4 Å². The number of halogens is 2. The van der Waals surface area contributed by atoms with Crippen LogP contribution in [0, 0.1) is 0 Å². The van der Waals surface area contributed by atoms with Crippen LogP contribution >= 0.6 is 35.0 Å². The van der Waals surface area contributed by atoms with Crippen molar-refractivity contribution in [3.05, 3.63) is 88.2 Å². The van der Waals surface area contributed by atoms with Crippen molar-refractivity contribution in [1.29, 1.82) is 0 Å². The van der Waals surface area contributed by atoms with Crippen molar-refractivity contribution in [1.82, 2.24) is 19.3 Å². The zero-order valence-electron chi connectivity index (χ0n) is 16.1. The molecule has 4 aromatic rings. The molecular formula is C22H18Cl2N4OS. The van der Waals surface area contributed by atoms with E-state index in [0.29, 0.717) is 33.3 Å². The predicted molar refractivity (Wildman–Crippen MR) is 121 cm³/mol. The number of hydrogen-bond acceptors (Lipinski definition) is 4. The highest BCUT2D eigenvalue weighted by molar-refractivity contribution is 7.99. The molecule has 0 fully saturated rings. The lowest BCUT2D eigenvalue weighted by molar-refractivity contribution is 0.101. The average molecular weight is 457 g/mol. The summed E-state index contributed by atoms with van der Waals surface area (Å²) in [5, 5.41) is 10.4. The smallest absolute Gasteiger partial charge is 0.192 e. The van der Waals surface area contributed by atoms with Gasteiger partial charge in [-0.05, 0) is 35.9 Å². The fraction of sp³-hybridized carbons (Fsp3) is 0.136. The molecular weight excluding hydrogens is 439 g/mol. The van der Waals surface area contributed by atoms with Crippen molar-refractivity contribution >= 4 is 40.7 Å². The molecule has 0 saturated heterocycles. The van der Waals surface area contributed by atoms with Crippen molar-refractivity contribution in [2.24, 2.45) is 7.05 Å². The number of carbonyl (C=O) groups excluding carboxylic acids is 1. The molecule has 5 nitrogen and oxygen atoms in total. The van der Waals surface area contributed by atoms with Crippen LogP contribution in [0.1, 0.15) is 16.1 Å². The Hall–Kier alpha value is -2.54. The van der Waals surface area contributed by atoms with E-state index in [-0.39, 0.29) is 11.5 Å². The van der Waals surface area contributed by atoms with Crippen LogP contribution in [-0.2, 0) is 13.6 Å². The molecule has 0 N–H and O–H groups in total. The number of nitrogens with zero attached hydrogens (tertiary/aromatic N) is 4. The lowest BCUT2D eigenvalue weighted by atomic mass is 10.2. The van der Waals surface area contributed by atoms with Crippen LogP contribution in [0.4, 0.5) is 0 Å². The normalized spacial score (nSPS) is 11.0. The largest absolute Gasteiger partial charge is 0.348 e. The first-order valence-corrected chi connectivity index (χ1v) is 11.0. The molecule has 0 radical (unpaired) electrons. The van der Waals surface area contributed by atoms with E-state index < -0.39 is 0 Å². The van der Waals surface area contributed by atoms with Gasteiger partial charge in [0, 0.05) is 23.8 Å². The fourth-order valence-electron chi connectivity index (χ4n) is 3.13. The van der Waals surface area contributed by atoms with Gasteiger partial charge in [-0.15, -0.1) is 10.2 Å². The van der Waals surface area contributed by atoms with Crippen LogP contribution < -0.4 is 0 Å². The minimum Gasteiger partial charge on any atom is -0.348 e. The van der Waals surface area contributed by atoms with Crippen molar-refractivity contribution in [2.75, 3.05) is 5.75 Å². The molecule has 2 aromatic carbocycles. The second kappa shape index (κ2) is 9.08. The van der Waals surface area contributed by atoms with Crippen LogP contribution in [0.5, 0.6) is 0 Å². The van der Waals surface area contributed by atoms with Crippen LogP contribution in [0.15, 0.2) is 72.0 Å². The van der Waals surface area contributed by atoms with E-state index in [1.165, 1.54) is 11.8 Å². The molecule has 0 atom stereocenters. The Labute approximate surface area is 188 Å². The first kappa shape index (κ1) is 20.7. The van der Waals surface area contributed by atoms with Gasteiger partial charge in [0.1, 0.15) is 0 Å². The Morgan fingerprint density at radius 1 is 1.03 bits per heavy atom. The third-order valence-electron chi connectivity index (χ3n) is 4.63. The lowest BCUT2D eigenvalue weighted by Crippen LogP contribution is -2.09. The second-order valence-corrected chi connectivity index (χ2v) is 8.50. The number of aromatic nitrogens is 4. The maximum atomic E-state index is 12.6. The summed E-state index contributed by atoms with van der Waals surface area (Å²) in [4.78, 5) is 12.6. The molecule has 0 spiro atoms. The molecule has 0 amide bonds. The van der Waals surface area contributed by atoms with E-state index >= 15 is 0 Å². The van der Waals surface area contributed by atoms with Gasteiger partial charge in [-0.3, -0.25) is 9.36 Å². The summed E-state index contributed by atoms with van der Waals surface area (Å²) in [6.45, 7) is 0.558. The molecule has 30 heavy (non-hydrogen) atoms. The van der Waals surface area contributed by atoms with E-state index in [2.05, 4.69) is 10.2 Å². The summed E-state index contributed by atoms with van der Waals surface area (Å²) in [7, 11) is 1.86. The summed E-state index contributed by atoms with van der Waals surface area (Å²) < 4.78 is 3.80. The van der Waals surface area contributed by atoms with Gasteiger partial charge in [0.25, 0.3) is 0 Å². The maximum Gasteiger partial charge on any atom is 0.192 e. The van der Waals surface area contributed by atoms with E-state index in [4.69, 9.17) is 23.2 Å². The van der Waals surface area contributed by atoms with Gasteiger partial charge in [0.15, 0.2) is 16.8 Å². The Morgan fingerprint density at radius 2 is 1.83 bits per heavy atom. The SMILES string of the molecule is Cn1cccc1C(=O)CSc1nnc(-c2ccc(Cl)cc2Cl)n1Cc1ccccc1. The highest BCUT2D eigenvalue weighted by atomic mass is 35.5. The van der Waals surface area contributed by atoms with Gasteiger partial charge in [-0.1, -0.05) is 65.3 Å². The highest BCUT2D eigenvalue weighted by Gasteiger charge is 2.19. The number of hydrogen-bond donors (Lipinski definition) is 0. The zero-order chi connectivity index (χ0) is 21.1. The molecule has 0 bridgehead atoms. The van der Waals surface area contributed by atoms with Gasteiger partial charge in [-0.2, -0.15) is 0 Å². The summed E-state index contributed by atoms with van der Waals surface area (Å²) in [6, 6.07) is 19.0. The van der Waals surface area contributed by atoms with Crippen molar-refractivity contribution < 1.29 is 4.79 Å². The minimum absolute atomic E-state index is 0.0350. The predicted octanol–water partition coefficient (Wildman–Crippen LogP) is 5.61. The van der Waals surface area contributed by atoms with E-state index in [1.54, 1.807) is 12.1 Å². The Kier molecular flexibility index (Phi) is 6.27. The second-order valence-electron chi connectivity index (χ2n) is 6.72. The summed E-state index contributed by atoms with van der Waals surface area (Å²) in [5.41, 5.74) is 2.50. The van der Waals surface area contributed by atoms with E-state index in [1.807, 2.05) is 70.9 Å². The van der Waals surface area contributed by atoms with Crippen molar-refractivity contribution in [2.45, 2.75) is 11.7 Å². The van der Waals surface area contributed by atoms with Gasteiger partial charge in [0.05, 0.1) is 23.0 Å². The summed E-state index contributed by atoms with van der Waals surface area (Å²) in [5.74, 6) is 0.932. The number of carbonyl (C=O) groups is 1. The molecule has 0 aliphatic carbocycles. The topological polar surface area (TPSA) is 52.7 Å². The standard InChI is InChI=1S/C22H18Cl2N4OS/c1-27-11-5-8-19(27)20(29)14-30-22-26-25-21(17-10-9-16(23)12-18(17)24)28(22)13-15-6-3-2-4-7-15/h2-12H,13-14H2,1H3. The minimum atomic E-state index is 0.0350. The molecule has 0 unspecified atom stereocenters. The third-order valence-corrected chi connectivity index (χ3v) is 6.15. The zero-order valence-corrected chi connectivity index (χ0v) is 18.5. The Balaban J connectivity index is 1.67. The Bertz CT molecular complexity index is 1190. The Morgan fingerprint density at radius 3 is 2.53 bits per heavy atom. The number of benzene rings is 2. The number of Topliss-reactive ketones (excluding diaryl/α,β-unsaturated/α-hetero) is 1. The molecule has 2 heterocycles. The third kappa shape index (κ3) is 4.46. The van der Waals surface area contributed by atoms with Crippen LogP contribution in [-0.4, -0.2) is 30.9 Å². The summed E-state index contributed by atoms with van der Waals surface area (Å²) >= 11 is 13.8. The molecule has 152 valence electrons. The highest BCUT2D eigenvalue weighted by Crippen LogP contribution is 2.32. The van der Waals surface area contributed by atoms with E-state index in [0.717, 1.165) is 11.1 Å². The molecule has 0 aliphatic rings. The van der Waals surface area contributed by atoms with E-state index in [9.17, 15) is 4.79 Å². The van der Waals surface area contributed by atoms with Crippen molar-refractivity contribution in [3.8, 4) is 11.4 Å². The molecule has 4 rings (SSSR count). The number of ketones is 1.